The first-order valence-corrected chi connectivity index (χ1v) is 3.29. The van der Waals surface area contributed by atoms with Gasteiger partial charge in [-0.2, -0.15) is 0 Å². The Labute approximate surface area is 52.7 Å². The van der Waals surface area contributed by atoms with Gasteiger partial charge >= 0.3 is 0 Å². The highest BCUT2D eigenvalue weighted by molar-refractivity contribution is 8.13. The molecule has 0 fully saturated rings. The molecule has 0 N–H and O–H groups in total. The lowest BCUT2D eigenvalue weighted by Gasteiger charge is -1.85. The van der Waals surface area contributed by atoms with Crippen molar-refractivity contribution in [2.75, 3.05) is 13.3 Å². The number of aliphatic imine (C=N–C) groups is 1. The summed E-state index contributed by atoms with van der Waals surface area (Å²) in [6, 6.07) is 0. The van der Waals surface area contributed by atoms with Crippen molar-refractivity contribution in [3.63, 3.8) is 0 Å². The van der Waals surface area contributed by atoms with E-state index in [0.29, 0.717) is 5.04 Å². The number of thioether (sulfide) groups is 1. The van der Waals surface area contributed by atoms with Crippen LogP contribution in [0.5, 0.6) is 0 Å². The van der Waals surface area contributed by atoms with Gasteiger partial charge in [-0.15, -0.1) is 11.8 Å². The van der Waals surface area contributed by atoms with E-state index in [1.165, 1.54) is 17.8 Å². The Morgan fingerprint density at radius 2 is 2.50 bits per heavy atom. The van der Waals surface area contributed by atoms with Crippen LogP contribution in [0.15, 0.2) is 11.1 Å². The van der Waals surface area contributed by atoms with Gasteiger partial charge in [-0.3, -0.25) is 4.99 Å². The van der Waals surface area contributed by atoms with Crippen molar-refractivity contribution in [2.45, 2.75) is 0 Å². The molecule has 0 unspecified atom stereocenters. The first-order valence-electron chi connectivity index (χ1n) is 2.06. The van der Waals surface area contributed by atoms with Gasteiger partial charge in [0.2, 0.25) is 0 Å². The number of hydrogen-bond donors (Lipinski definition) is 0. The molecule has 0 aliphatic heterocycles. The molecular formula is C5H7NOS. The molecule has 0 saturated heterocycles. The van der Waals surface area contributed by atoms with E-state index < -0.39 is 0 Å². The van der Waals surface area contributed by atoms with Gasteiger partial charge in [0, 0.05) is 7.05 Å². The van der Waals surface area contributed by atoms with Gasteiger partial charge in [0.1, 0.15) is 11.0 Å². The summed E-state index contributed by atoms with van der Waals surface area (Å²) >= 11 is 1.43. The van der Waals surface area contributed by atoms with E-state index in [1.54, 1.807) is 13.0 Å². The summed E-state index contributed by atoms with van der Waals surface area (Å²) in [5.74, 6) is 1.64. The van der Waals surface area contributed by atoms with Crippen molar-refractivity contribution in [3.8, 4) is 0 Å². The van der Waals surface area contributed by atoms with E-state index in [9.17, 15) is 4.79 Å². The van der Waals surface area contributed by atoms with Crippen LogP contribution in [-0.4, -0.2) is 24.3 Å². The third kappa shape index (κ3) is 2.61. The zero-order chi connectivity index (χ0) is 6.41. The van der Waals surface area contributed by atoms with Crippen molar-refractivity contribution in [1.29, 1.82) is 0 Å². The summed E-state index contributed by atoms with van der Waals surface area (Å²) in [5, 5.41) is 0.708. The monoisotopic (exact) mass is 129 g/mol. The lowest BCUT2D eigenvalue weighted by atomic mass is 10.7. The van der Waals surface area contributed by atoms with Gasteiger partial charge in [0.15, 0.2) is 0 Å². The molecular weight excluding hydrogens is 122 g/mol. The van der Waals surface area contributed by atoms with Crippen LogP contribution in [0.25, 0.3) is 0 Å². The average Bonchev–Trinajstić information content (AvgIpc) is 1.83. The molecule has 0 amide bonds. The summed E-state index contributed by atoms with van der Waals surface area (Å²) in [7, 11) is 1.64. The lowest BCUT2D eigenvalue weighted by molar-refractivity contribution is 0.569. The molecule has 0 heterocycles. The highest BCUT2D eigenvalue weighted by Crippen LogP contribution is 1.95. The second-order valence-corrected chi connectivity index (χ2v) is 1.85. The summed E-state index contributed by atoms with van der Waals surface area (Å²) in [5.41, 5.74) is 0. The van der Waals surface area contributed by atoms with Crippen LogP contribution in [0.4, 0.5) is 0 Å². The SMILES string of the molecule is CN=C(C=C=O)SC. The Hall–Kier alpha value is -0.530. The molecule has 0 rings (SSSR count). The van der Waals surface area contributed by atoms with Crippen LogP contribution in [0.2, 0.25) is 0 Å². The third-order valence-electron chi connectivity index (χ3n) is 0.612. The van der Waals surface area contributed by atoms with E-state index in [2.05, 4.69) is 4.99 Å². The molecule has 2 nitrogen and oxygen atoms in total. The van der Waals surface area contributed by atoms with Crippen LogP contribution in [0, 0.1) is 0 Å². The Morgan fingerprint density at radius 1 is 1.88 bits per heavy atom. The van der Waals surface area contributed by atoms with Gasteiger partial charge in [0.05, 0.1) is 6.08 Å². The normalized spacial score (nSPS) is 10.5. The van der Waals surface area contributed by atoms with Crippen LogP contribution < -0.4 is 0 Å². The van der Waals surface area contributed by atoms with Crippen LogP contribution >= 0.6 is 11.8 Å². The van der Waals surface area contributed by atoms with E-state index in [-0.39, 0.29) is 0 Å². The minimum absolute atomic E-state index is 0.708. The Kier molecular flexibility index (Phi) is 4.32. The summed E-state index contributed by atoms with van der Waals surface area (Å²) in [4.78, 5) is 13.4. The Balaban J connectivity index is 3.91. The lowest BCUT2D eigenvalue weighted by Crippen LogP contribution is -1.82. The van der Waals surface area contributed by atoms with Crippen LogP contribution in [0.1, 0.15) is 0 Å². The number of hydrogen-bond acceptors (Lipinski definition) is 3. The molecule has 0 radical (unpaired) electrons. The molecule has 0 atom stereocenters. The molecule has 0 aromatic carbocycles. The molecule has 0 spiro atoms. The average molecular weight is 129 g/mol. The fraction of sp³-hybridized carbons (Fsp3) is 0.400. The van der Waals surface area contributed by atoms with Gasteiger partial charge in [-0.25, -0.2) is 4.79 Å². The van der Waals surface area contributed by atoms with Crippen molar-refractivity contribution in [3.05, 3.63) is 6.08 Å². The molecule has 0 aliphatic rings. The van der Waals surface area contributed by atoms with E-state index in [0.717, 1.165) is 0 Å². The molecule has 0 aromatic rings. The second kappa shape index (κ2) is 4.62. The van der Waals surface area contributed by atoms with Crippen LogP contribution in [0.3, 0.4) is 0 Å². The molecule has 0 aliphatic carbocycles. The quantitative estimate of drug-likeness (QED) is 0.297. The molecule has 3 heteroatoms. The fourth-order valence-corrected chi connectivity index (χ4v) is 0.614. The molecule has 44 valence electrons. The van der Waals surface area contributed by atoms with Gasteiger partial charge in [-0.05, 0) is 6.26 Å². The van der Waals surface area contributed by atoms with Crippen molar-refractivity contribution in [2.24, 2.45) is 4.99 Å². The van der Waals surface area contributed by atoms with Gasteiger partial charge in [0.25, 0.3) is 0 Å². The molecule has 0 aromatic heterocycles. The van der Waals surface area contributed by atoms with Crippen molar-refractivity contribution >= 4 is 22.7 Å². The summed E-state index contributed by atoms with van der Waals surface area (Å²) in [6.45, 7) is 0. The highest BCUT2D eigenvalue weighted by atomic mass is 32.2. The maximum absolute atomic E-state index is 9.66. The van der Waals surface area contributed by atoms with Crippen LogP contribution in [-0.2, 0) is 4.79 Å². The van der Waals surface area contributed by atoms with E-state index in [4.69, 9.17) is 0 Å². The topological polar surface area (TPSA) is 29.4 Å². The van der Waals surface area contributed by atoms with Crippen molar-refractivity contribution in [1.82, 2.24) is 0 Å². The summed E-state index contributed by atoms with van der Waals surface area (Å²) < 4.78 is 0. The number of nitrogens with zero attached hydrogens (tertiary/aromatic N) is 1. The highest BCUT2D eigenvalue weighted by Gasteiger charge is 1.84. The minimum atomic E-state index is 0.708. The van der Waals surface area contributed by atoms with Gasteiger partial charge in [-0.1, -0.05) is 0 Å². The van der Waals surface area contributed by atoms with E-state index in [1.807, 2.05) is 6.26 Å². The minimum Gasteiger partial charge on any atom is -0.281 e. The number of rotatable bonds is 1. The smallest absolute Gasteiger partial charge is 0.127 e. The predicted octanol–water partition coefficient (Wildman–Crippen LogP) is 0.765. The molecule has 8 heavy (non-hydrogen) atoms. The molecule has 0 bridgehead atoms. The zero-order valence-electron chi connectivity index (χ0n) is 4.84. The predicted molar refractivity (Wildman–Crippen MR) is 37.1 cm³/mol. The third-order valence-corrected chi connectivity index (χ3v) is 1.33. The number of carbonyl (C=O) groups excluding carboxylic acids is 1. The Bertz CT molecular complexity index is 135. The largest absolute Gasteiger partial charge is 0.281 e. The zero-order valence-corrected chi connectivity index (χ0v) is 5.66. The first-order chi connectivity index (χ1) is 3.85. The maximum Gasteiger partial charge on any atom is 0.127 e. The first kappa shape index (κ1) is 7.47. The Morgan fingerprint density at radius 3 is 2.62 bits per heavy atom. The fourth-order valence-electron chi connectivity index (χ4n) is 0.265. The maximum atomic E-state index is 9.66. The second-order valence-electron chi connectivity index (χ2n) is 1.03. The van der Waals surface area contributed by atoms with Gasteiger partial charge < -0.3 is 0 Å². The standard InChI is InChI=1S/C5H7NOS/c1-6-5(8-2)3-4-7/h3H,1-2H3. The molecule has 0 saturated carbocycles. The van der Waals surface area contributed by atoms with E-state index >= 15 is 0 Å². The van der Waals surface area contributed by atoms with Crippen molar-refractivity contribution < 1.29 is 4.79 Å². The summed E-state index contributed by atoms with van der Waals surface area (Å²) in [6.07, 6.45) is 3.17.